The van der Waals surface area contributed by atoms with E-state index in [1.54, 1.807) is 9.47 Å². The molecule has 3 N–H and O–H groups in total. The number of imidazole rings is 1. The van der Waals surface area contributed by atoms with Crippen LogP contribution in [-0.2, 0) is 4.74 Å². The van der Waals surface area contributed by atoms with E-state index in [9.17, 15) is 15.3 Å². The largest absolute Gasteiger partial charge is 0.394 e. The maximum atomic E-state index is 10.1. The van der Waals surface area contributed by atoms with Gasteiger partial charge < -0.3 is 25.0 Å². The van der Waals surface area contributed by atoms with Crippen LogP contribution in [0.15, 0.2) is 12.7 Å². The highest BCUT2D eigenvalue weighted by Gasteiger charge is 2.44. The van der Waals surface area contributed by atoms with Gasteiger partial charge in [-0.05, 0) is 0 Å². The standard InChI is InChI=1S/C12H17N5O4/c1-16(2)11-7-10(13-4-14-11)15-5-17(7)12-9(20)8(19)6(3-18)21-12/h4-6,8-9,12,18-20H,3H2,1-2H3/t6-,8+,9+,12+/m0/s1. The minimum atomic E-state index is -1.17. The molecule has 2 aromatic rings. The zero-order chi connectivity index (χ0) is 15.1. The van der Waals surface area contributed by atoms with E-state index in [0.717, 1.165) is 0 Å². The summed E-state index contributed by atoms with van der Waals surface area (Å²) in [6.45, 7) is -0.377. The number of hydrogen-bond donors (Lipinski definition) is 3. The van der Waals surface area contributed by atoms with Crippen molar-refractivity contribution >= 4 is 17.0 Å². The van der Waals surface area contributed by atoms with Crippen LogP contribution in [-0.4, -0.2) is 73.9 Å². The summed E-state index contributed by atoms with van der Waals surface area (Å²) in [6, 6.07) is 0. The van der Waals surface area contributed by atoms with Crippen molar-refractivity contribution in [2.75, 3.05) is 25.6 Å². The van der Waals surface area contributed by atoms with E-state index in [1.807, 2.05) is 14.1 Å². The topological polar surface area (TPSA) is 117 Å². The monoisotopic (exact) mass is 295 g/mol. The van der Waals surface area contributed by atoms with Gasteiger partial charge in [0, 0.05) is 14.1 Å². The van der Waals surface area contributed by atoms with Crippen molar-refractivity contribution in [1.82, 2.24) is 19.5 Å². The van der Waals surface area contributed by atoms with E-state index in [1.165, 1.54) is 12.7 Å². The van der Waals surface area contributed by atoms with Crippen LogP contribution in [0.2, 0.25) is 0 Å². The quantitative estimate of drug-likeness (QED) is 0.626. The van der Waals surface area contributed by atoms with Crippen LogP contribution in [0.5, 0.6) is 0 Å². The van der Waals surface area contributed by atoms with Gasteiger partial charge in [0.1, 0.15) is 36.5 Å². The summed E-state index contributed by atoms with van der Waals surface area (Å²) in [4.78, 5) is 14.2. The number of fused-ring (bicyclic) bond motifs is 1. The number of aliphatic hydroxyl groups is 3. The molecule has 0 amide bonds. The Morgan fingerprint density at radius 1 is 1.24 bits per heavy atom. The Kier molecular flexibility index (Phi) is 3.49. The minimum absolute atomic E-state index is 0.377. The molecule has 0 aromatic carbocycles. The average Bonchev–Trinajstić information content (AvgIpc) is 3.01. The van der Waals surface area contributed by atoms with Gasteiger partial charge in [-0.3, -0.25) is 4.57 Å². The molecule has 1 aliphatic rings. The van der Waals surface area contributed by atoms with E-state index in [-0.39, 0.29) is 6.61 Å². The average molecular weight is 295 g/mol. The van der Waals surface area contributed by atoms with E-state index < -0.39 is 24.5 Å². The second kappa shape index (κ2) is 5.19. The van der Waals surface area contributed by atoms with Gasteiger partial charge in [0.25, 0.3) is 0 Å². The summed E-state index contributed by atoms with van der Waals surface area (Å²) in [5.41, 5.74) is 1.06. The van der Waals surface area contributed by atoms with Gasteiger partial charge >= 0.3 is 0 Å². The molecule has 3 heterocycles. The fourth-order valence-electron chi connectivity index (χ4n) is 2.49. The van der Waals surface area contributed by atoms with Gasteiger partial charge in [-0.15, -0.1) is 0 Å². The molecular formula is C12H17N5O4. The maximum Gasteiger partial charge on any atom is 0.183 e. The predicted molar refractivity (Wildman–Crippen MR) is 72.7 cm³/mol. The van der Waals surface area contributed by atoms with Crippen LogP contribution in [0.1, 0.15) is 6.23 Å². The highest BCUT2D eigenvalue weighted by atomic mass is 16.6. The number of nitrogens with zero attached hydrogens (tertiary/aromatic N) is 5. The molecule has 0 bridgehead atoms. The van der Waals surface area contributed by atoms with Crippen LogP contribution < -0.4 is 4.90 Å². The molecular weight excluding hydrogens is 278 g/mol. The van der Waals surface area contributed by atoms with E-state index in [2.05, 4.69) is 15.0 Å². The van der Waals surface area contributed by atoms with Gasteiger partial charge in [-0.1, -0.05) is 0 Å². The van der Waals surface area contributed by atoms with Crippen LogP contribution in [0.3, 0.4) is 0 Å². The van der Waals surface area contributed by atoms with Crippen LogP contribution in [0.25, 0.3) is 11.2 Å². The first-order valence-corrected chi connectivity index (χ1v) is 6.52. The molecule has 1 fully saturated rings. The molecule has 21 heavy (non-hydrogen) atoms. The Morgan fingerprint density at radius 3 is 2.62 bits per heavy atom. The Hall–Kier alpha value is -1.81. The molecule has 3 rings (SSSR count). The number of hydrogen-bond acceptors (Lipinski definition) is 8. The highest BCUT2D eigenvalue weighted by molar-refractivity contribution is 5.83. The Bertz CT molecular complexity index is 646. The Morgan fingerprint density at radius 2 is 2.00 bits per heavy atom. The number of aromatic nitrogens is 4. The SMILES string of the molecule is CN(C)c1ncnc2ncn([C@@H]3O[C@@H](CO)[C@@H](O)[C@H]3O)c12. The molecule has 9 nitrogen and oxygen atoms in total. The van der Waals surface area contributed by atoms with Crippen LogP contribution >= 0.6 is 0 Å². The molecule has 4 atom stereocenters. The summed E-state index contributed by atoms with van der Waals surface area (Å²) in [7, 11) is 3.66. The van der Waals surface area contributed by atoms with Gasteiger partial charge in [0.2, 0.25) is 0 Å². The molecule has 9 heteroatoms. The molecule has 0 unspecified atom stereocenters. The Labute approximate surface area is 120 Å². The second-order valence-corrected chi connectivity index (χ2v) is 5.14. The summed E-state index contributed by atoms with van der Waals surface area (Å²) in [5, 5.41) is 29.2. The minimum Gasteiger partial charge on any atom is -0.394 e. The lowest BCUT2D eigenvalue weighted by Crippen LogP contribution is -2.33. The lowest BCUT2D eigenvalue weighted by Gasteiger charge is -2.19. The third-order valence-electron chi connectivity index (χ3n) is 3.56. The number of ether oxygens (including phenoxy) is 1. The molecule has 1 aliphatic heterocycles. The van der Waals surface area contributed by atoms with Crippen molar-refractivity contribution in [2.24, 2.45) is 0 Å². The Balaban J connectivity index is 2.09. The number of rotatable bonds is 3. The number of anilines is 1. The van der Waals surface area contributed by atoms with Crippen molar-refractivity contribution in [3.05, 3.63) is 12.7 Å². The predicted octanol–water partition coefficient (Wildman–Crippen LogP) is -1.50. The van der Waals surface area contributed by atoms with Gasteiger partial charge in [0.15, 0.2) is 17.7 Å². The van der Waals surface area contributed by atoms with Crippen molar-refractivity contribution in [3.8, 4) is 0 Å². The second-order valence-electron chi connectivity index (χ2n) is 5.14. The zero-order valence-corrected chi connectivity index (χ0v) is 11.7. The summed E-state index contributed by atoms with van der Waals surface area (Å²) >= 11 is 0. The van der Waals surface area contributed by atoms with Gasteiger partial charge in [-0.2, -0.15) is 0 Å². The summed E-state index contributed by atoms with van der Waals surface area (Å²) in [6.07, 6.45) is -1.14. The molecule has 0 aliphatic carbocycles. The van der Waals surface area contributed by atoms with E-state index in [0.29, 0.717) is 17.0 Å². The molecule has 0 spiro atoms. The van der Waals surface area contributed by atoms with Crippen molar-refractivity contribution in [3.63, 3.8) is 0 Å². The normalized spacial score (nSPS) is 29.2. The molecule has 0 radical (unpaired) electrons. The van der Waals surface area contributed by atoms with Crippen LogP contribution in [0, 0.1) is 0 Å². The smallest absolute Gasteiger partial charge is 0.183 e. The molecule has 114 valence electrons. The first-order chi connectivity index (χ1) is 10.0. The zero-order valence-electron chi connectivity index (χ0n) is 11.7. The molecule has 2 aromatic heterocycles. The fourth-order valence-corrected chi connectivity index (χ4v) is 2.49. The highest BCUT2D eigenvalue weighted by Crippen LogP contribution is 2.33. The third-order valence-corrected chi connectivity index (χ3v) is 3.56. The third kappa shape index (κ3) is 2.14. The lowest BCUT2D eigenvalue weighted by atomic mass is 10.1. The first-order valence-electron chi connectivity index (χ1n) is 6.52. The fraction of sp³-hybridized carbons (Fsp3) is 0.583. The molecule has 0 saturated carbocycles. The maximum absolute atomic E-state index is 10.1. The lowest BCUT2D eigenvalue weighted by molar-refractivity contribution is -0.0508. The summed E-state index contributed by atoms with van der Waals surface area (Å²) in [5.74, 6) is 0.621. The van der Waals surface area contributed by atoms with Crippen molar-refractivity contribution in [2.45, 2.75) is 24.5 Å². The van der Waals surface area contributed by atoms with E-state index in [4.69, 9.17) is 4.74 Å². The van der Waals surface area contributed by atoms with Gasteiger partial charge in [0.05, 0.1) is 6.61 Å². The summed E-state index contributed by atoms with van der Waals surface area (Å²) < 4.78 is 7.10. The van der Waals surface area contributed by atoms with E-state index >= 15 is 0 Å². The first kappa shape index (κ1) is 14.1. The van der Waals surface area contributed by atoms with Crippen LogP contribution in [0.4, 0.5) is 5.82 Å². The number of aliphatic hydroxyl groups excluding tert-OH is 3. The van der Waals surface area contributed by atoms with Crippen molar-refractivity contribution in [1.29, 1.82) is 0 Å². The molecule has 1 saturated heterocycles. The van der Waals surface area contributed by atoms with Gasteiger partial charge in [-0.25, -0.2) is 15.0 Å². The van der Waals surface area contributed by atoms with Crippen molar-refractivity contribution < 1.29 is 20.1 Å².